The summed E-state index contributed by atoms with van der Waals surface area (Å²) in [6.07, 6.45) is 0. The van der Waals surface area contributed by atoms with Gasteiger partial charge in [0, 0.05) is 7.05 Å². The van der Waals surface area contributed by atoms with Crippen molar-refractivity contribution >= 4 is 5.69 Å². The first kappa shape index (κ1) is 10.5. The highest BCUT2D eigenvalue weighted by molar-refractivity contribution is 5.73. The number of ether oxygens (including phenoxy) is 1. The Bertz CT molecular complexity index is 499. The number of rotatable bonds is 2. The summed E-state index contributed by atoms with van der Waals surface area (Å²) in [7, 11) is 3.44. The van der Waals surface area contributed by atoms with Crippen LogP contribution in [0.2, 0.25) is 0 Å². The van der Waals surface area contributed by atoms with Crippen LogP contribution in [0.15, 0.2) is 18.2 Å². The van der Waals surface area contributed by atoms with Gasteiger partial charge in [0.05, 0.1) is 18.4 Å². The summed E-state index contributed by atoms with van der Waals surface area (Å²) in [6, 6.07) is 5.54. The zero-order valence-electron chi connectivity index (χ0n) is 9.56. The molecule has 0 saturated heterocycles. The third-order valence-electron chi connectivity index (χ3n) is 2.47. The first-order valence-corrected chi connectivity index (χ1v) is 4.94. The minimum atomic E-state index is 0.588. The molecule has 0 aliphatic carbocycles. The Morgan fingerprint density at radius 1 is 1.38 bits per heavy atom. The van der Waals surface area contributed by atoms with Crippen LogP contribution in [-0.4, -0.2) is 21.9 Å². The van der Waals surface area contributed by atoms with Gasteiger partial charge in [-0.25, -0.2) is 4.98 Å². The third kappa shape index (κ3) is 1.60. The van der Waals surface area contributed by atoms with Crippen LogP contribution in [0.25, 0.3) is 11.4 Å². The molecule has 1 heterocycles. The SMILES string of the molecule is COc1c(N)cccc1-c1nc(C)n(C)n1. The molecule has 0 saturated carbocycles. The lowest BCUT2D eigenvalue weighted by molar-refractivity contribution is 0.418. The van der Waals surface area contributed by atoms with Crippen LogP contribution >= 0.6 is 0 Å². The van der Waals surface area contributed by atoms with E-state index in [2.05, 4.69) is 10.1 Å². The van der Waals surface area contributed by atoms with Crippen LogP contribution in [0.4, 0.5) is 5.69 Å². The molecule has 0 spiro atoms. The molecule has 0 atom stereocenters. The molecule has 0 bridgehead atoms. The molecule has 0 unspecified atom stereocenters. The van der Waals surface area contributed by atoms with Crippen molar-refractivity contribution in [3.05, 3.63) is 24.0 Å². The van der Waals surface area contributed by atoms with Gasteiger partial charge >= 0.3 is 0 Å². The summed E-state index contributed by atoms with van der Waals surface area (Å²) in [5.41, 5.74) is 7.23. The highest BCUT2D eigenvalue weighted by atomic mass is 16.5. The highest BCUT2D eigenvalue weighted by Crippen LogP contribution is 2.32. The maximum atomic E-state index is 5.83. The van der Waals surface area contributed by atoms with Gasteiger partial charge in [0.2, 0.25) is 0 Å². The molecule has 0 fully saturated rings. The summed E-state index contributed by atoms with van der Waals surface area (Å²) in [5.74, 6) is 2.09. The standard InChI is InChI=1S/C11H14N4O/c1-7-13-11(14-15(7)2)8-5-4-6-9(12)10(8)16-3/h4-6H,12H2,1-3H3. The molecule has 2 N–H and O–H groups in total. The third-order valence-corrected chi connectivity index (χ3v) is 2.47. The van der Waals surface area contributed by atoms with Crippen LogP contribution < -0.4 is 10.5 Å². The van der Waals surface area contributed by atoms with Crippen molar-refractivity contribution in [1.82, 2.24) is 14.8 Å². The number of hydrogen-bond donors (Lipinski definition) is 1. The number of hydrogen-bond acceptors (Lipinski definition) is 4. The van der Waals surface area contributed by atoms with Crippen molar-refractivity contribution in [3.63, 3.8) is 0 Å². The number of nitrogen functional groups attached to an aromatic ring is 1. The molecule has 5 heteroatoms. The smallest absolute Gasteiger partial charge is 0.185 e. The number of nitrogens with zero attached hydrogens (tertiary/aromatic N) is 3. The Morgan fingerprint density at radius 2 is 2.12 bits per heavy atom. The average Bonchev–Trinajstić information content (AvgIpc) is 2.59. The van der Waals surface area contributed by atoms with Gasteiger partial charge in [0.1, 0.15) is 5.82 Å². The van der Waals surface area contributed by atoms with Gasteiger partial charge in [-0.05, 0) is 19.1 Å². The average molecular weight is 218 g/mol. The lowest BCUT2D eigenvalue weighted by Crippen LogP contribution is -1.96. The van der Waals surface area contributed by atoms with Gasteiger partial charge < -0.3 is 10.5 Å². The molecule has 0 aliphatic rings. The zero-order valence-corrected chi connectivity index (χ0v) is 9.56. The minimum Gasteiger partial charge on any atom is -0.494 e. The fourth-order valence-corrected chi connectivity index (χ4v) is 1.54. The normalized spacial score (nSPS) is 10.4. The minimum absolute atomic E-state index is 0.588. The fourth-order valence-electron chi connectivity index (χ4n) is 1.54. The number of anilines is 1. The molecule has 0 aliphatic heterocycles. The van der Waals surface area contributed by atoms with E-state index in [1.165, 1.54) is 0 Å². The van der Waals surface area contributed by atoms with E-state index < -0.39 is 0 Å². The van der Waals surface area contributed by atoms with Gasteiger partial charge in [0.15, 0.2) is 11.6 Å². The van der Waals surface area contributed by atoms with Gasteiger partial charge in [-0.15, -0.1) is 0 Å². The zero-order chi connectivity index (χ0) is 11.7. The molecule has 1 aromatic heterocycles. The lowest BCUT2D eigenvalue weighted by Gasteiger charge is -2.07. The first-order valence-electron chi connectivity index (χ1n) is 4.94. The Labute approximate surface area is 93.9 Å². The fraction of sp³-hybridized carbons (Fsp3) is 0.273. The largest absolute Gasteiger partial charge is 0.494 e. The van der Waals surface area contributed by atoms with E-state index >= 15 is 0 Å². The molecule has 2 aromatic rings. The van der Waals surface area contributed by atoms with E-state index in [4.69, 9.17) is 10.5 Å². The van der Waals surface area contributed by atoms with E-state index in [0.717, 1.165) is 11.4 Å². The molecule has 2 rings (SSSR count). The Morgan fingerprint density at radius 3 is 2.69 bits per heavy atom. The van der Waals surface area contributed by atoms with Crippen LogP contribution in [0.5, 0.6) is 5.75 Å². The molecule has 16 heavy (non-hydrogen) atoms. The van der Waals surface area contributed by atoms with Crippen LogP contribution in [0, 0.1) is 6.92 Å². The highest BCUT2D eigenvalue weighted by Gasteiger charge is 2.13. The second-order valence-corrected chi connectivity index (χ2v) is 3.53. The van der Waals surface area contributed by atoms with Gasteiger partial charge in [-0.3, -0.25) is 4.68 Å². The monoisotopic (exact) mass is 218 g/mol. The molecule has 0 radical (unpaired) electrons. The predicted octanol–water partition coefficient (Wildman–Crippen LogP) is 1.38. The van der Waals surface area contributed by atoms with Crippen molar-refractivity contribution < 1.29 is 4.74 Å². The van der Waals surface area contributed by atoms with Crippen molar-refractivity contribution in [1.29, 1.82) is 0 Å². The van der Waals surface area contributed by atoms with Crippen LogP contribution in [0.3, 0.4) is 0 Å². The molecule has 5 nitrogen and oxygen atoms in total. The number of aromatic nitrogens is 3. The van der Waals surface area contributed by atoms with E-state index in [-0.39, 0.29) is 0 Å². The van der Waals surface area contributed by atoms with Gasteiger partial charge in [-0.1, -0.05) is 6.07 Å². The quantitative estimate of drug-likeness (QED) is 0.773. The van der Waals surface area contributed by atoms with Crippen molar-refractivity contribution in [2.45, 2.75) is 6.92 Å². The van der Waals surface area contributed by atoms with E-state index in [0.29, 0.717) is 17.3 Å². The molecular formula is C11H14N4O. The van der Waals surface area contributed by atoms with Gasteiger partial charge in [0.25, 0.3) is 0 Å². The number of benzene rings is 1. The Hall–Kier alpha value is -2.04. The number of para-hydroxylation sites is 1. The molecule has 0 amide bonds. The summed E-state index contributed by atoms with van der Waals surface area (Å²) >= 11 is 0. The second kappa shape index (κ2) is 3.84. The maximum Gasteiger partial charge on any atom is 0.185 e. The molecule has 84 valence electrons. The summed E-state index contributed by atoms with van der Waals surface area (Å²) in [6.45, 7) is 1.90. The predicted molar refractivity (Wildman–Crippen MR) is 62.1 cm³/mol. The summed E-state index contributed by atoms with van der Waals surface area (Å²) in [4.78, 5) is 4.35. The van der Waals surface area contributed by atoms with Gasteiger partial charge in [-0.2, -0.15) is 5.10 Å². The Kier molecular flexibility index (Phi) is 2.52. The topological polar surface area (TPSA) is 66.0 Å². The number of methoxy groups -OCH3 is 1. The second-order valence-electron chi connectivity index (χ2n) is 3.53. The van der Waals surface area contributed by atoms with Crippen LogP contribution in [0.1, 0.15) is 5.82 Å². The van der Waals surface area contributed by atoms with E-state index in [1.54, 1.807) is 17.9 Å². The number of nitrogens with two attached hydrogens (primary N) is 1. The first-order chi connectivity index (χ1) is 7.63. The van der Waals surface area contributed by atoms with Crippen molar-refractivity contribution in [2.24, 2.45) is 7.05 Å². The maximum absolute atomic E-state index is 5.83. The Balaban J connectivity index is 2.59. The van der Waals surface area contributed by atoms with Crippen molar-refractivity contribution in [2.75, 3.05) is 12.8 Å². The summed E-state index contributed by atoms with van der Waals surface area (Å²) in [5, 5.41) is 4.30. The number of aryl methyl sites for hydroxylation is 2. The van der Waals surface area contributed by atoms with E-state index in [1.807, 2.05) is 26.1 Å². The van der Waals surface area contributed by atoms with E-state index in [9.17, 15) is 0 Å². The lowest BCUT2D eigenvalue weighted by atomic mass is 10.1. The molecule has 1 aromatic carbocycles. The molecular weight excluding hydrogens is 204 g/mol. The van der Waals surface area contributed by atoms with Crippen LogP contribution in [-0.2, 0) is 7.05 Å². The van der Waals surface area contributed by atoms with Crippen molar-refractivity contribution in [3.8, 4) is 17.1 Å². The summed E-state index contributed by atoms with van der Waals surface area (Å²) < 4.78 is 6.99.